The van der Waals surface area contributed by atoms with E-state index in [2.05, 4.69) is 5.32 Å². The Balaban J connectivity index is 2.95. The zero-order valence-electron chi connectivity index (χ0n) is 8.84. The third kappa shape index (κ3) is 3.91. The van der Waals surface area contributed by atoms with E-state index in [0.29, 0.717) is 5.03 Å². The monoisotopic (exact) mass is 240 g/mol. The van der Waals surface area contributed by atoms with Gasteiger partial charge in [-0.05, 0) is 12.1 Å². The molecule has 1 N–H and O–H groups in total. The van der Waals surface area contributed by atoms with Crippen LogP contribution in [-0.2, 0) is 0 Å². The molecule has 1 aromatic rings. The maximum absolute atomic E-state index is 8.81. The van der Waals surface area contributed by atoms with Gasteiger partial charge in [0.25, 0.3) is 0 Å². The van der Waals surface area contributed by atoms with Crippen molar-refractivity contribution in [2.24, 2.45) is 0 Å². The number of rotatable bonds is 4. The Bertz CT molecular complexity index is 512. The lowest BCUT2D eigenvalue weighted by molar-refractivity contribution is 1.43. The number of hydrogen-bond donors (Lipinski definition) is 1. The fourth-order valence-corrected chi connectivity index (χ4v) is 1.69. The lowest BCUT2D eigenvalue weighted by Gasteiger charge is -2.08. The average molecular weight is 240 g/mol. The van der Waals surface area contributed by atoms with Crippen LogP contribution in [0.1, 0.15) is 0 Å². The zero-order chi connectivity index (χ0) is 12.5. The molecule has 1 rings (SSSR count). The SMILES string of the molecule is N#CCSC(Nc1ccccc1)=C(C#N)C#N. The standard InChI is InChI=1S/C12H8N4S/c13-6-7-17-12(10(8-14)9-15)16-11-4-2-1-3-5-11/h1-5,16H,7H2. The molecule has 0 aliphatic carbocycles. The first-order valence-corrected chi connectivity index (χ1v) is 5.66. The van der Waals surface area contributed by atoms with Gasteiger partial charge >= 0.3 is 0 Å². The molecule has 0 saturated heterocycles. The number of thioether (sulfide) groups is 1. The first-order valence-electron chi connectivity index (χ1n) is 4.68. The summed E-state index contributed by atoms with van der Waals surface area (Å²) < 4.78 is 0. The highest BCUT2D eigenvalue weighted by Crippen LogP contribution is 2.21. The van der Waals surface area contributed by atoms with Crippen molar-refractivity contribution in [3.63, 3.8) is 0 Å². The third-order valence-corrected chi connectivity index (χ3v) is 2.63. The molecule has 0 fully saturated rings. The second-order valence-electron chi connectivity index (χ2n) is 2.87. The summed E-state index contributed by atoms with van der Waals surface area (Å²) in [4.78, 5) is 0. The molecule has 0 aromatic heterocycles. The van der Waals surface area contributed by atoms with Crippen molar-refractivity contribution < 1.29 is 0 Å². The van der Waals surface area contributed by atoms with Crippen LogP contribution in [0.5, 0.6) is 0 Å². The number of anilines is 1. The summed E-state index contributed by atoms with van der Waals surface area (Å²) in [6.45, 7) is 0. The number of para-hydroxylation sites is 1. The van der Waals surface area contributed by atoms with Crippen LogP contribution in [0.4, 0.5) is 5.69 Å². The molecular weight excluding hydrogens is 232 g/mol. The molecule has 5 heteroatoms. The lowest BCUT2D eigenvalue weighted by atomic mass is 10.3. The predicted molar refractivity (Wildman–Crippen MR) is 66.4 cm³/mol. The van der Waals surface area contributed by atoms with Crippen LogP contribution in [0, 0.1) is 34.0 Å². The normalized spacial score (nSPS) is 8.29. The first-order chi connectivity index (χ1) is 8.31. The molecule has 0 spiro atoms. The van der Waals surface area contributed by atoms with Crippen LogP contribution in [-0.4, -0.2) is 5.75 Å². The molecule has 0 unspecified atom stereocenters. The number of benzene rings is 1. The van der Waals surface area contributed by atoms with Crippen molar-refractivity contribution in [3.05, 3.63) is 40.9 Å². The van der Waals surface area contributed by atoms with E-state index in [4.69, 9.17) is 15.8 Å². The molecule has 0 atom stereocenters. The summed E-state index contributed by atoms with van der Waals surface area (Å²) in [5, 5.41) is 29.5. The average Bonchev–Trinajstić information content (AvgIpc) is 2.38. The number of hydrogen-bond acceptors (Lipinski definition) is 5. The minimum Gasteiger partial charge on any atom is -0.349 e. The number of nitrogens with one attached hydrogen (secondary N) is 1. The van der Waals surface area contributed by atoms with E-state index in [1.165, 1.54) is 0 Å². The van der Waals surface area contributed by atoms with Gasteiger partial charge in [0.1, 0.15) is 17.2 Å². The van der Waals surface area contributed by atoms with Crippen molar-refractivity contribution >= 4 is 17.4 Å². The van der Waals surface area contributed by atoms with Crippen molar-refractivity contribution in [2.45, 2.75) is 0 Å². The van der Waals surface area contributed by atoms with Crippen LogP contribution in [0.3, 0.4) is 0 Å². The largest absolute Gasteiger partial charge is 0.349 e. The Morgan fingerprint density at radius 1 is 1.12 bits per heavy atom. The Labute approximate surface area is 104 Å². The van der Waals surface area contributed by atoms with Gasteiger partial charge in [0, 0.05) is 5.69 Å². The highest BCUT2D eigenvalue weighted by Gasteiger charge is 2.07. The van der Waals surface area contributed by atoms with Gasteiger partial charge in [-0.2, -0.15) is 15.8 Å². The van der Waals surface area contributed by atoms with E-state index in [1.54, 1.807) is 12.1 Å². The van der Waals surface area contributed by atoms with E-state index >= 15 is 0 Å². The Morgan fingerprint density at radius 2 is 1.76 bits per heavy atom. The van der Waals surface area contributed by atoms with Crippen molar-refractivity contribution in [3.8, 4) is 18.2 Å². The van der Waals surface area contributed by atoms with E-state index in [1.807, 2.05) is 36.4 Å². The highest BCUT2D eigenvalue weighted by atomic mass is 32.2. The third-order valence-electron chi connectivity index (χ3n) is 1.76. The van der Waals surface area contributed by atoms with Crippen molar-refractivity contribution in [1.29, 1.82) is 15.8 Å². The van der Waals surface area contributed by atoms with E-state index in [9.17, 15) is 0 Å². The first kappa shape index (κ1) is 12.6. The summed E-state index contributed by atoms with van der Waals surface area (Å²) in [5.41, 5.74) is 0.755. The maximum atomic E-state index is 8.81. The van der Waals surface area contributed by atoms with Gasteiger partial charge in [0.15, 0.2) is 5.57 Å². The Morgan fingerprint density at radius 3 is 2.29 bits per heavy atom. The molecule has 1 aromatic carbocycles. The van der Waals surface area contributed by atoms with Crippen LogP contribution < -0.4 is 5.32 Å². The van der Waals surface area contributed by atoms with Gasteiger partial charge in [0.2, 0.25) is 0 Å². The van der Waals surface area contributed by atoms with Crippen LogP contribution in [0.25, 0.3) is 0 Å². The lowest BCUT2D eigenvalue weighted by Crippen LogP contribution is -1.99. The fourth-order valence-electron chi connectivity index (χ4n) is 1.05. The molecular formula is C12H8N4S. The number of nitrogens with zero attached hydrogens (tertiary/aromatic N) is 3. The summed E-state index contributed by atoms with van der Waals surface area (Å²) >= 11 is 1.14. The predicted octanol–water partition coefficient (Wildman–Crippen LogP) is 2.61. The van der Waals surface area contributed by atoms with Crippen molar-refractivity contribution in [1.82, 2.24) is 0 Å². The van der Waals surface area contributed by atoms with Gasteiger partial charge in [-0.1, -0.05) is 30.0 Å². The fraction of sp³-hybridized carbons (Fsp3) is 0.0833. The number of allylic oxidation sites excluding steroid dienone is 1. The zero-order valence-corrected chi connectivity index (χ0v) is 9.66. The second-order valence-corrected chi connectivity index (χ2v) is 3.85. The molecule has 0 amide bonds. The maximum Gasteiger partial charge on any atom is 0.159 e. The summed E-state index contributed by atoms with van der Waals surface area (Å²) in [7, 11) is 0. The Hall–Kier alpha value is -2.42. The summed E-state index contributed by atoms with van der Waals surface area (Å²) in [6.07, 6.45) is 0. The van der Waals surface area contributed by atoms with E-state index < -0.39 is 0 Å². The van der Waals surface area contributed by atoms with Crippen molar-refractivity contribution in [2.75, 3.05) is 11.1 Å². The van der Waals surface area contributed by atoms with Gasteiger partial charge in [-0.15, -0.1) is 0 Å². The molecule has 4 nitrogen and oxygen atoms in total. The van der Waals surface area contributed by atoms with Gasteiger partial charge in [-0.25, -0.2) is 0 Å². The molecule has 82 valence electrons. The van der Waals surface area contributed by atoms with E-state index in [0.717, 1.165) is 17.4 Å². The summed E-state index contributed by atoms with van der Waals surface area (Å²) in [6, 6.07) is 14.8. The molecule has 0 aliphatic heterocycles. The molecule has 0 saturated carbocycles. The summed E-state index contributed by atoms with van der Waals surface area (Å²) in [5.74, 6) is 0.183. The van der Waals surface area contributed by atoms with E-state index in [-0.39, 0.29) is 11.3 Å². The topological polar surface area (TPSA) is 83.4 Å². The van der Waals surface area contributed by atoms with Gasteiger partial charge in [-0.3, -0.25) is 0 Å². The Kier molecular flexibility index (Phi) is 5.17. The molecule has 0 radical (unpaired) electrons. The minimum atomic E-state index is -0.0193. The second kappa shape index (κ2) is 6.95. The quantitative estimate of drug-likeness (QED) is 0.818. The van der Waals surface area contributed by atoms with Crippen LogP contribution in [0.2, 0.25) is 0 Å². The minimum absolute atomic E-state index is 0.0193. The van der Waals surface area contributed by atoms with Crippen LogP contribution in [0.15, 0.2) is 40.9 Å². The molecule has 0 aliphatic rings. The van der Waals surface area contributed by atoms with Gasteiger partial charge in [0.05, 0.1) is 11.8 Å². The number of nitriles is 3. The smallest absolute Gasteiger partial charge is 0.159 e. The highest BCUT2D eigenvalue weighted by molar-refractivity contribution is 8.03. The molecule has 0 heterocycles. The molecule has 0 bridgehead atoms. The van der Waals surface area contributed by atoms with Gasteiger partial charge < -0.3 is 5.32 Å². The van der Waals surface area contributed by atoms with Crippen LogP contribution >= 0.6 is 11.8 Å². The molecule has 17 heavy (non-hydrogen) atoms.